The maximum atomic E-state index is 12.2. The predicted molar refractivity (Wildman–Crippen MR) is 93.1 cm³/mol. The molecule has 1 aromatic carbocycles. The summed E-state index contributed by atoms with van der Waals surface area (Å²) in [7, 11) is 1.79. The van der Waals surface area contributed by atoms with Crippen molar-refractivity contribution in [1.82, 2.24) is 14.9 Å². The first-order valence-corrected chi connectivity index (χ1v) is 7.93. The summed E-state index contributed by atoms with van der Waals surface area (Å²) in [6.45, 7) is 6.92. The lowest BCUT2D eigenvalue weighted by molar-refractivity contribution is 0.0787. The molecule has 0 spiro atoms. The third kappa shape index (κ3) is 4.52. The Morgan fingerprint density at radius 1 is 1.22 bits per heavy atom. The van der Waals surface area contributed by atoms with Crippen molar-refractivity contribution < 1.29 is 4.79 Å². The van der Waals surface area contributed by atoms with Crippen LogP contribution in [0.5, 0.6) is 0 Å². The van der Waals surface area contributed by atoms with Crippen molar-refractivity contribution in [3.8, 4) is 0 Å². The third-order valence-corrected chi connectivity index (χ3v) is 3.72. The summed E-state index contributed by atoms with van der Waals surface area (Å²) in [4.78, 5) is 22.5. The normalized spacial score (nSPS) is 10.4. The van der Waals surface area contributed by atoms with Crippen LogP contribution in [0.4, 0.5) is 11.5 Å². The third-order valence-electron chi connectivity index (χ3n) is 3.72. The molecule has 0 aliphatic carbocycles. The standard InChI is InChI=1S/C18H24N4O/c1-5-6-9-22(4)18(23)16-11-20-17(12-19-16)21-15-10-13(2)7-8-14(15)3/h7-8,10-12H,5-6,9H2,1-4H3,(H,20,21). The number of carbonyl (C=O) groups excluding carboxylic acids is 1. The number of unbranched alkanes of at least 4 members (excludes halogenated alkanes) is 1. The molecule has 0 bridgehead atoms. The van der Waals surface area contributed by atoms with Crippen molar-refractivity contribution in [3.63, 3.8) is 0 Å². The quantitative estimate of drug-likeness (QED) is 0.883. The van der Waals surface area contributed by atoms with Gasteiger partial charge in [-0.05, 0) is 37.5 Å². The summed E-state index contributed by atoms with van der Waals surface area (Å²) in [6.07, 6.45) is 5.17. The van der Waals surface area contributed by atoms with Gasteiger partial charge in [0, 0.05) is 19.3 Å². The second-order valence-electron chi connectivity index (χ2n) is 5.81. The molecular weight excluding hydrogens is 288 g/mol. The summed E-state index contributed by atoms with van der Waals surface area (Å²) < 4.78 is 0. The number of benzene rings is 1. The Morgan fingerprint density at radius 3 is 2.65 bits per heavy atom. The fourth-order valence-electron chi connectivity index (χ4n) is 2.20. The zero-order chi connectivity index (χ0) is 16.8. The molecule has 0 saturated heterocycles. The molecule has 2 aromatic rings. The smallest absolute Gasteiger partial charge is 0.273 e. The predicted octanol–water partition coefficient (Wildman–Crippen LogP) is 3.71. The minimum Gasteiger partial charge on any atom is -0.340 e. The van der Waals surface area contributed by atoms with E-state index in [1.807, 2.05) is 13.8 Å². The van der Waals surface area contributed by atoms with E-state index in [0.717, 1.165) is 30.6 Å². The van der Waals surface area contributed by atoms with Crippen LogP contribution in [0, 0.1) is 13.8 Å². The minimum atomic E-state index is -0.0933. The number of anilines is 2. The Hall–Kier alpha value is -2.43. The van der Waals surface area contributed by atoms with Crippen LogP contribution in [0.25, 0.3) is 0 Å². The maximum absolute atomic E-state index is 12.2. The van der Waals surface area contributed by atoms with Crippen LogP contribution >= 0.6 is 0 Å². The minimum absolute atomic E-state index is 0.0933. The van der Waals surface area contributed by atoms with E-state index in [9.17, 15) is 4.79 Å². The molecule has 1 aromatic heterocycles. The summed E-state index contributed by atoms with van der Waals surface area (Å²) in [5.41, 5.74) is 3.68. The van der Waals surface area contributed by atoms with Gasteiger partial charge in [0.15, 0.2) is 0 Å². The highest BCUT2D eigenvalue weighted by molar-refractivity contribution is 5.91. The van der Waals surface area contributed by atoms with E-state index in [1.165, 1.54) is 11.8 Å². The second kappa shape index (κ2) is 7.72. The van der Waals surface area contributed by atoms with E-state index in [0.29, 0.717) is 11.5 Å². The average molecular weight is 312 g/mol. The molecule has 0 saturated carbocycles. The average Bonchev–Trinajstić information content (AvgIpc) is 2.56. The molecule has 1 heterocycles. The number of nitrogens with zero attached hydrogens (tertiary/aromatic N) is 3. The first-order valence-electron chi connectivity index (χ1n) is 7.93. The summed E-state index contributed by atoms with van der Waals surface area (Å²) in [5.74, 6) is 0.538. The van der Waals surface area contributed by atoms with Crippen LogP contribution in [0.2, 0.25) is 0 Å². The maximum Gasteiger partial charge on any atom is 0.273 e. The van der Waals surface area contributed by atoms with Crippen LogP contribution in [0.1, 0.15) is 41.4 Å². The number of rotatable bonds is 6. The van der Waals surface area contributed by atoms with Crippen LogP contribution < -0.4 is 5.32 Å². The van der Waals surface area contributed by atoms with Gasteiger partial charge in [-0.3, -0.25) is 4.79 Å². The molecule has 1 amide bonds. The lowest BCUT2D eigenvalue weighted by Crippen LogP contribution is -2.28. The fourth-order valence-corrected chi connectivity index (χ4v) is 2.20. The van der Waals surface area contributed by atoms with Crippen molar-refractivity contribution in [2.75, 3.05) is 18.9 Å². The molecule has 5 heteroatoms. The molecule has 122 valence electrons. The number of hydrogen-bond donors (Lipinski definition) is 1. The molecule has 1 N–H and O–H groups in total. The highest BCUT2D eigenvalue weighted by atomic mass is 16.2. The van der Waals surface area contributed by atoms with E-state index in [2.05, 4.69) is 40.4 Å². The highest BCUT2D eigenvalue weighted by Gasteiger charge is 2.13. The second-order valence-corrected chi connectivity index (χ2v) is 5.81. The monoisotopic (exact) mass is 312 g/mol. The van der Waals surface area contributed by atoms with Gasteiger partial charge >= 0.3 is 0 Å². The SMILES string of the molecule is CCCCN(C)C(=O)c1cnc(Nc2cc(C)ccc2C)cn1. The number of amides is 1. The molecule has 0 aliphatic rings. The fraction of sp³-hybridized carbons (Fsp3) is 0.389. The Balaban J connectivity index is 2.07. The van der Waals surface area contributed by atoms with Gasteiger partial charge < -0.3 is 10.2 Å². The summed E-state index contributed by atoms with van der Waals surface area (Å²) in [5, 5.41) is 3.24. The van der Waals surface area contributed by atoms with Gasteiger partial charge in [0.1, 0.15) is 11.5 Å². The van der Waals surface area contributed by atoms with Crippen molar-refractivity contribution in [2.45, 2.75) is 33.6 Å². The van der Waals surface area contributed by atoms with Gasteiger partial charge in [-0.15, -0.1) is 0 Å². The molecule has 0 atom stereocenters. The molecular formula is C18H24N4O. The van der Waals surface area contributed by atoms with Crippen LogP contribution in [0.3, 0.4) is 0 Å². The van der Waals surface area contributed by atoms with Gasteiger partial charge in [-0.25, -0.2) is 9.97 Å². The number of aromatic nitrogens is 2. The lowest BCUT2D eigenvalue weighted by Gasteiger charge is -2.16. The van der Waals surface area contributed by atoms with Gasteiger partial charge in [-0.2, -0.15) is 0 Å². The van der Waals surface area contributed by atoms with Gasteiger partial charge in [0.05, 0.1) is 12.4 Å². The number of hydrogen-bond acceptors (Lipinski definition) is 4. The van der Waals surface area contributed by atoms with E-state index in [-0.39, 0.29) is 5.91 Å². The number of nitrogens with one attached hydrogen (secondary N) is 1. The number of carbonyl (C=O) groups is 1. The lowest BCUT2D eigenvalue weighted by atomic mass is 10.1. The van der Waals surface area contributed by atoms with Crippen molar-refractivity contribution >= 4 is 17.4 Å². The highest BCUT2D eigenvalue weighted by Crippen LogP contribution is 2.20. The van der Waals surface area contributed by atoms with Crippen LogP contribution in [-0.4, -0.2) is 34.4 Å². The zero-order valence-corrected chi connectivity index (χ0v) is 14.3. The van der Waals surface area contributed by atoms with E-state index < -0.39 is 0 Å². The molecule has 5 nitrogen and oxygen atoms in total. The van der Waals surface area contributed by atoms with Gasteiger partial charge in [-0.1, -0.05) is 25.5 Å². The number of aryl methyl sites for hydroxylation is 2. The summed E-state index contributed by atoms with van der Waals surface area (Å²) in [6, 6.07) is 6.19. The van der Waals surface area contributed by atoms with Crippen molar-refractivity contribution in [1.29, 1.82) is 0 Å². The topological polar surface area (TPSA) is 58.1 Å². The first kappa shape index (κ1) is 16.9. The molecule has 0 fully saturated rings. The Kier molecular flexibility index (Phi) is 5.68. The largest absolute Gasteiger partial charge is 0.340 e. The molecule has 0 radical (unpaired) electrons. The summed E-state index contributed by atoms with van der Waals surface area (Å²) >= 11 is 0. The molecule has 0 aliphatic heterocycles. The molecule has 23 heavy (non-hydrogen) atoms. The Labute approximate surface area is 137 Å². The van der Waals surface area contributed by atoms with E-state index in [4.69, 9.17) is 0 Å². The van der Waals surface area contributed by atoms with E-state index in [1.54, 1.807) is 18.1 Å². The first-order chi connectivity index (χ1) is 11.0. The van der Waals surface area contributed by atoms with Crippen molar-refractivity contribution in [3.05, 3.63) is 47.4 Å². The molecule has 0 unspecified atom stereocenters. The van der Waals surface area contributed by atoms with Crippen LogP contribution in [-0.2, 0) is 0 Å². The van der Waals surface area contributed by atoms with Crippen molar-refractivity contribution in [2.24, 2.45) is 0 Å². The Bertz CT molecular complexity index is 667. The van der Waals surface area contributed by atoms with Gasteiger partial charge in [0.2, 0.25) is 0 Å². The van der Waals surface area contributed by atoms with Gasteiger partial charge in [0.25, 0.3) is 5.91 Å². The zero-order valence-electron chi connectivity index (χ0n) is 14.3. The Morgan fingerprint density at radius 2 is 2.00 bits per heavy atom. The van der Waals surface area contributed by atoms with E-state index >= 15 is 0 Å². The molecule has 2 rings (SSSR count). The van der Waals surface area contributed by atoms with Crippen LogP contribution in [0.15, 0.2) is 30.6 Å².